The van der Waals surface area contributed by atoms with Crippen LogP contribution in [0.25, 0.3) is 11.0 Å². The first kappa shape index (κ1) is 23.0. The molecule has 0 aliphatic heterocycles. The summed E-state index contributed by atoms with van der Waals surface area (Å²) in [5.41, 5.74) is 0.262. The molecule has 0 saturated carbocycles. The van der Waals surface area contributed by atoms with Gasteiger partial charge in [0.05, 0.1) is 33.2 Å². The molecule has 0 radical (unpaired) electrons. The summed E-state index contributed by atoms with van der Waals surface area (Å²) in [4.78, 5) is 20.7. The molecule has 33 heavy (non-hydrogen) atoms. The lowest BCUT2D eigenvalue weighted by Gasteiger charge is -2.10. The molecule has 4 aromatic rings. The van der Waals surface area contributed by atoms with Gasteiger partial charge in [-0.05, 0) is 37.6 Å². The maximum atomic E-state index is 13.5. The van der Waals surface area contributed by atoms with Crippen LogP contribution in [0.5, 0.6) is 0 Å². The average molecular weight is 498 g/mol. The topological polar surface area (TPSA) is 90.5 Å². The standard InChI is InChI=1S/C20H16Cl2F3N7O/c1-10-5-13(20(23,24)25)17-11(2)29-32(18(17)27-10)8-16(33)28-19-26-9-31(30-19)7-12-3-4-14(21)15(22)6-12/h3-6,9H,7-8H2,1-2H3,(H,28,30,33). The van der Waals surface area contributed by atoms with Gasteiger partial charge in [0.25, 0.3) is 0 Å². The summed E-state index contributed by atoms with van der Waals surface area (Å²) in [5.74, 6) is -0.531. The van der Waals surface area contributed by atoms with Crippen molar-refractivity contribution >= 4 is 46.1 Å². The number of hydrogen-bond donors (Lipinski definition) is 1. The Morgan fingerprint density at radius 1 is 1.12 bits per heavy atom. The van der Waals surface area contributed by atoms with Crippen molar-refractivity contribution in [3.63, 3.8) is 0 Å². The Balaban J connectivity index is 1.51. The molecule has 1 amide bonds. The number of amides is 1. The molecular weight excluding hydrogens is 482 g/mol. The third-order valence-electron chi connectivity index (χ3n) is 4.72. The molecular formula is C20H16Cl2F3N7O. The second kappa shape index (κ2) is 8.64. The number of fused-ring (bicyclic) bond motifs is 1. The van der Waals surface area contributed by atoms with E-state index in [1.165, 1.54) is 24.9 Å². The van der Waals surface area contributed by atoms with E-state index in [9.17, 15) is 18.0 Å². The van der Waals surface area contributed by atoms with Gasteiger partial charge < -0.3 is 0 Å². The minimum atomic E-state index is -4.57. The molecule has 0 atom stereocenters. The van der Waals surface area contributed by atoms with Crippen LogP contribution in [0.15, 0.2) is 30.6 Å². The van der Waals surface area contributed by atoms with Gasteiger partial charge in [-0.25, -0.2) is 19.3 Å². The number of carbonyl (C=O) groups excluding carboxylic acids is 1. The van der Waals surface area contributed by atoms with E-state index in [2.05, 4.69) is 25.5 Å². The van der Waals surface area contributed by atoms with Crippen LogP contribution in [-0.4, -0.2) is 35.4 Å². The van der Waals surface area contributed by atoms with Crippen LogP contribution in [-0.2, 0) is 24.1 Å². The van der Waals surface area contributed by atoms with Gasteiger partial charge in [-0.3, -0.25) is 10.1 Å². The third-order valence-corrected chi connectivity index (χ3v) is 5.46. The largest absolute Gasteiger partial charge is 0.417 e. The van der Waals surface area contributed by atoms with Gasteiger partial charge in [0.15, 0.2) is 5.65 Å². The molecule has 3 aromatic heterocycles. The van der Waals surface area contributed by atoms with Crippen LogP contribution in [0, 0.1) is 13.8 Å². The molecule has 0 aliphatic rings. The first-order valence-electron chi connectivity index (χ1n) is 9.56. The highest BCUT2D eigenvalue weighted by Crippen LogP contribution is 2.36. The summed E-state index contributed by atoms with van der Waals surface area (Å²) in [5, 5.41) is 11.5. The Morgan fingerprint density at radius 2 is 1.88 bits per heavy atom. The fraction of sp³-hybridized carbons (Fsp3) is 0.250. The normalized spacial score (nSPS) is 11.8. The molecule has 1 N–H and O–H groups in total. The van der Waals surface area contributed by atoms with E-state index in [0.29, 0.717) is 16.6 Å². The van der Waals surface area contributed by atoms with Crippen molar-refractivity contribution in [1.29, 1.82) is 0 Å². The third kappa shape index (κ3) is 4.93. The van der Waals surface area contributed by atoms with E-state index in [1.807, 2.05) is 0 Å². The van der Waals surface area contributed by atoms with Crippen molar-refractivity contribution in [2.45, 2.75) is 33.1 Å². The molecule has 3 heterocycles. The maximum Gasteiger partial charge on any atom is 0.417 e. The first-order chi connectivity index (χ1) is 15.5. The van der Waals surface area contributed by atoms with Crippen molar-refractivity contribution in [3.8, 4) is 0 Å². The summed E-state index contributed by atoms with van der Waals surface area (Å²) in [6.45, 7) is 2.87. The van der Waals surface area contributed by atoms with Crippen molar-refractivity contribution in [1.82, 2.24) is 29.5 Å². The first-order valence-corrected chi connectivity index (χ1v) is 10.3. The summed E-state index contributed by atoms with van der Waals surface area (Å²) in [7, 11) is 0. The Morgan fingerprint density at radius 3 is 2.58 bits per heavy atom. The number of carbonyl (C=O) groups is 1. The predicted octanol–water partition coefficient (Wildman–Crippen LogP) is 4.65. The maximum absolute atomic E-state index is 13.5. The fourth-order valence-electron chi connectivity index (χ4n) is 3.37. The van der Waals surface area contributed by atoms with E-state index in [-0.39, 0.29) is 34.9 Å². The minimum absolute atomic E-state index is 0.0203. The van der Waals surface area contributed by atoms with Crippen molar-refractivity contribution in [2.75, 3.05) is 5.32 Å². The molecule has 8 nitrogen and oxygen atoms in total. The number of aryl methyl sites for hydroxylation is 2. The van der Waals surface area contributed by atoms with Crippen LogP contribution in [0.3, 0.4) is 0 Å². The number of aromatic nitrogens is 6. The summed E-state index contributed by atoms with van der Waals surface area (Å²) in [6, 6.07) is 6.10. The Bertz CT molecular complexity index is 1360. The average Bonchev–Trinajstić information content (AvgIpc) is 3.27. The fourth-order valence-corrected chi connectivity index (χ4v) is 3.69. The van der Waals surface area contributed by atoms with Crippen molar-refractivity contribution < 1.29 is 18.0 Å². The van der Waals surface area contributed by atoms with E-state index < -0.39 is 17.6 Å². The van der Waals surface area contributed by atoms with Gasteiger partial charge in [0, 0.05) is 5.69 Å². The number of nitrogens with zero attached hydrogens (tertiary/aromatic N) is 6. The van der Waals surface area contributed by atoms with Crippen LogP contribution in [0.2, 0.25) is 10.0 Å². The Hall–Kier alpha value is -3.18. The lowest BCUT2D eigenvalue weighted by molar-refractivity contribution is -0.136. The number of anilines is 1. The highest BCUT2D eigenvalue weighted by Gasteiger charge is 2.35. The summed E-state index contributed by atoms with van der Waals surface area (Å²) >= 11 is 11.9. The van der Waals surface area contributed by atoms with Crippen molar-refractivity contribution in [3.05, 3.63) is 63.2 Å². The number of hydrogen-bond acceptors (Lipinski definition) is 5. The Labute approximate surface area is 195 Å². The second-order valence-corrected chi connectivity index (χ2v) is 8.13. The highest BCUT2D eigenvalue weighted by atomic mass is 35.5. The number of pyridine rings is 1. The number of alkyl halides is 3. The zero-order valence-corrected chi connectivity index (χ0v) is 18.8. The van der Waals surface area contributed by atoms with Crippen LogP contribution >= 0.6 is 23.2 Å². The van der Waals surface area contributed by atoms with Gasteiger partial charge in [-0.1, -0.05) is 29.3 Å². The molecule has 0 saturated heterocycles. The number of rotatable bonds is 5. The van der Waals surface area contributed by atoms with E-state index in [0.717, 1.165) is 16.3 Å². The Kier molecular flexibility index (Phi) is 6.02. The van der Waals surface area contributed by atoms with E-state index in [1.54, 1.807) is 18.2 Å². The van der Waals surface area contributed by atoms with Crippen LogP contribution in [0.1, 0.15) is 22.5 Å². The number of nitrogens with one attached hydrogen (secondary N) is 1. The predicted molar refractivity (Wildman–Crippen MR) is 116 cm³/mol. The highest BCUT2D eigenvalue weighted by molar-refractivity contribution is 6.42. The number of halogens is 5. The van der Waals surface area contributed by atoms with E-state index >= 15 is 0 Å². The molecule has 1 aromatic carbocycles. The van der Waals surface area contributed by atoms with Gasteiger partial charge in [-0.15, -0.1) is 5.10 Å². The molecule has 0 spiro atoms. The van der Waals surface area contributed by atoms with Gasteiger partial charge >= 0.3 is 6.18 Å². The van der Waals surface area contributed by atoms with E-state index in [4.69, 9.17) is 23.2 Å². The lowest BCUT2D eigenvalue weighted by atomic mass is 10.1. The van der Waals surface area contributed by atoms with Crippen LogP contribution in [0.4, 0.5) is 19.1 Å². The molecule has 0 aliphatic carbocycles. The minimum Gasteiger partial charge on any atom is -0.292 e. The molecule has 4 rings (SSSR count). The van der Waals surface area contributed by atoms with Gasteiger partial charge in [0.1, 0.15) is 12.9 Å². The SMILES string of the molecule is Cc1cc(C(F)(F)F)c2c(C)nn(CC(=O)Nc3ncn(Cc4ccc(Cl)c(Cl)c4)n3)c2n1. The van der Waals surface area contributed by atoms with Crippen LogP contribution < -0.4 is 5.32 Å². The summed E-state index contributed by atoms with van der Waals surface area (Å²) < 4.78 is 43.0. The van der Waals surface area contributed by atoms with Gasteiger partial charge in [-0.2, -0.15) is 18.3 Å². The molecule has 0 bridgehead atoms. The zero-order chi connectivity index (χ0) is 23.9. The molecule has 0 fully saturated rings. The number of benzene rings is 1. The molecule has 172 valence electrons. The lowest BCUT2D eigenvalue weighted by Crippen LogP contribution is -2.21. The monoisotopic (exact) mass is 497 g/mol. The molecule has 0 unspecified atom stereocenters. The quantitative estimate of drug-likeness (QED) is 0.433. The zero-order valence-electron chi connectivity index (χ0n) is 17.3. The summed E-state index contributed by atoms with van der Waals surface area (Å²) in [6.07, 6.45) is -3.15. The molecule has 13 heteroatoms. The smallest absolute Gasteiger partial charge is 0.292 e. The second-order valence-electron chi connectivity index (χ2n) is 7.31. The van der Waals surface area contributed by atoms with Crippen molar-refractivity contribution in [2.24, 2.45) is 0 Å². The van der Waals surface area contributed by atoms with Gasteiger partial charge in [0.2, 0.25) is 11.9 Å².